The van der Waals surface area contributed by atoms with Crippen molar-refractivity contribution in [3.63, 3.8) is 0 Å². The van der Waals surface area contributed by atoms with Crippen LogP contribution in [-0.2, 0) is 4.79 Å². The number of aromatic amines is 1. The summed E-state index contributed by atoms with van der Waals surface area (Å²) in [4.78, 5) is 48.1. The van der Waals surface area contributed by atoms with Gasteiger partial charge in [0.1, 0.15) is 5.82 Å². The Bertz CT molecular complexity index is 1350. The van der Waals surface area contributed by atoms with E-state index in [1.165, 1.54) is 4.90 Å². The van der Waals surface area contributed by atoms with E-state index in [-0.39, 0.29) is 36.7 Å². The molecule has 0 saturated carbocycles. The summed E-state index contributed by atoms with van der Waals surface area (Å²) in [6.45, 7) is 0.190. The molecule has 0 saturated heterocycles. The SMILES string of the molecule is CSCCC(NC(=O)CCCN1C(=O)c2cccc3cccc(c23)C1=O)c1nc2ccccc2[nH]1. The zero-order valence-electron chi connectivity index (χ0n) is 19.4. The number of para-hydroxylation sites is 2. The number of carbonyl (C=O) groups excluding carboxylic acids is 3. The van der Waals surface area contributed by atoms with Crippen LogP contribution in [-0.4, -0.2) is 51.1 Å². The Labute approximate surface area is 207 Å². The van der Waals surface area contributed by atoms with Gasteiger partial charge >= 0.3 is 0 Å². The number of nitrogens with zero attached hydrogens (tertiary/aromatic N) is 2. The van der Waals surface area contributed by atoms with E-state index in [0.29, 0.717) is 22.9 Å². The van der Waals surface area contributed by atoms with E-state index < -0.39 is 0 Å². The summed E-state index contributed by atoms with van der Waals surface area (Å²) >= 11 is 1.71. The fraction of sp³-hybridized carbons (Fsp3) is 0.259. The van der Waals surface area contributed by atoms with Gasteiger partial charge in [-0.25, -0.2) is 4.98 Å². The highest BCUT2D eigenvalue weighted by atomic mass is 32.2. The molecule has 5 rings (SSSR count). The second-order valence-electron chi connectivity index (χ2n) is 8.62. The Morgan fingerprint density at radius 3 is 2.43 bits per heavy atom. The summed E-state index contributed by atoms with van der Waals surface area (Å²) in [6.07, 6.45) is 3.37. The molecule has 2 heterocycles. The Kier molecular flexibility index (Phi) is 6.55. The third-order valence-electron chi connectivity index (χ3n) is 6.33. The molecule has 0 fully saturated rings. The third-order valence-corrected chi connectivity index (χ3v) is 6.97. The number of imidazole rings is 1. The predicted molar refractivity (Wildman–Crippen MR) is 139 cm³/mol. The Morgan fingerprint density at radius 2 is 1.74 bits per heavy atom. The lowest BCUT2D eigenvalue weighted by atomic mass is 9.94. The molecule has 1 atom stereocenters. The first-order valence-electron chi connectivity index (χ1n) is 11.7. The molecule has 35 heavy (non-hydrogen) atoms. The van der Waals surface area contributed by atoms with Gasteiger partial charge in [0.2, 0.25) is 5.91 Å². The van der Waals surface area contributed by atoms with E-state index in [1.807, 2.05) is 54.8 Å². The number of benzene rings is 3. The summed E-state index contributed by atoms with van der Waals surface area (Å²) in [5.74, 6) is 0.874. The number of aromatic nitrogens is 2. The lowest BCUT2D eigenvalue weighted by Crippen LogP contribution is -2.41. The molecule has 178 valence electrons. The number of fused-ring (bicyclic) bond motifs is 1. The first kappa shape index (κ1) is 23.1. The summed E-state index contributed by atoms with van der Waals surface area (Å²) in [5, 5.41) is 4.67. The Hall–Kier alpha value is -3.65. The van der Waals surface area contributed by atoms with Crippen molar-refractivity contribution in [3.05, 3.63) is 77.6 Å². The second kappa shape index (κ2) is 9.92. The van der Waals surface area contributed by atoms with Crippen LogP contribution in [0.2, 0.25) is 0 Å². The highest BCUT2D eigenvalue weighted by molar-refractivity contribution is 7.98. The van der Waals surface area contributed by atoms with Gasteiger partial charge in [0.15, 0.2) is 0 Å². The Balaban J connectivity index is 1.24. The predicted octanol–water partition coefficient (Wildman–Crippen LogP) is 4.70. The molecule has 3 aromatic carbocycles. The largest absolute Gasteiger partial charge is 0.346 e. The fourth-order valence-electron chi connectivity index (χ4n) is 4.60. The molecule has 8 heteroatoms. The number of thioether (sulfide) groups is 1. The van der Waals surface area contributed by atoms with Crippen molar-refractivity contribution in [3.8, 4) is 0 Å². The van der Waals surface area contributed by atoms with Crippen LogP contribution in [0.3, 0.4) is 0 Å². The van der Waals surface area contributed by atoms with Crippen LogP contribution in [0.15, 0.2) is 60.7 Å². The molecule has 1 aliphatic heterocycles. The van der Waals surface area contributed by atoms with Crippen LogP contribution in [0.25, 0.3) is 21.8 Å². The zero-order chi connectivity index (χ0) is 24.4. The molecule has 0 bridgehead atoms. The van der Waals surface area contributed by atoms with E-state index in [1.54, 1.807) is 23.9 Å². The molecular formula is C27H26N4O3S. The maximum Gasteiger partial charge on any atom is 0.261 e. The lowest BCUT2D eigenvalue weighted by molar-refractivity contribution is -0.122. The lowest BCUT2D eigenvalue weighted by Gasteiger charge is -2.27. The van der Waals surface area contributed by atoms with Gasteiger partial charge in [-0.2, -0.15) is 11.8 Å². The number of hydrogen-bond acceptors (Lipinski definition) is 5. The van der Waals surface area contributed by atoms with Crippen molar-refractivity contribution in [1.82, 2.24) is 20.2 Å². The topological polar surface area (TPSA) is 95.2 Å². The van der Waals surface area contributed by atoms with Crippen molar-refractivity contribution in [2.75, 3.05) is 18.6 Å². The quantitative estimate of drug-likeness (QED) is 0.334. The molecular weight excluding hydrogens is 460 g/mol. The molecule has 0 aliphatic carbocycles. The highest BCUT2D eigenvalue weighted by Gasteiger charge is 2.32. The number of carbonyl (C=O) groups is 3. The van der Waals surface area contributed by atoms with Gasteiger partial charge in [-0.05, 0) is 54.5 Å². The van der Waals surface area contributed by atoms with Gasteiger partial charge in [0.25, 0.3) is 11.8 Å². The summed E-state index contributed by atoms with van der Waals surface area (Å²) in [5.41, 5.74) is 2.86. The first-order valence-corrected chi connectivity index (χ1v) is 13.1. The van der Waals surface area contributed by atoms with E-state index in [4.69, 9.17) is 0 Å². The minimum absolute atomic E-state index is 0.129. The van der Waals surface area contributed by atoms with Crippen molar-refractivity contribution in [2.45, 2.75) is 25.3 Å². The normalized spacial score (nSPS) is 14.0. The summed E-state index contributed by atoms with van der Waals surface area (Å²) in [6, 6.07) is 18.5. The molecule has 4 aromatic rings. The molecule has 7 nitrogen and oxygen atoms in total. The first-order chi connectivity index (χ1) is 17.1. The number of imide groups is 1. The van der Waals surface area contributed by atoms with Crippen molar-refractivity contribution in [2.24, 2.45) is 0 Å². The Morgan fingerprint density at radius 1 is 1.03 bits per heavy atom. The minimum Gasteiger partial charge on any atom is -0.346 e. The highest BCUT2D eigenvalue weighted by Crippen LogP contribution is 2.30. The van der Waals surface area contributed by atoms with E-state index >= 15 is 0 Å². The van der Waals surface area contributed by atoms with Crippen LogP contribution in [0.5, 0.6) is 0 Å². The summed E-state index contributed by atoms with van der Waals surface area (Å²) < 4.78 is 0. The number of hydrogen-bond donors (Lipinski definition) is 2. The van der Waals surface area contributed by atoms with Gasteiger partial charge in [-0.1, -0.05) is 36.4 Å². The van der Waals surface area contributed by atoms with Crippen LogP contribution in [0.4, 0.5) is 0 Å². The van der Waals surface area contributed by atoms with Crippen LogP contribution in [0.1, 0.15) is 51.8 Å². The van der Waals surface area contributed by atoms with E-state index in [0.717, 1.165) is 34.4 Å². The van der Waals surface area contributed by atoms with Crippen molar-refractivity contribution < 1.29 is 14.4 Å². The van der Waals surface area contributed by atoms with Crippen LogP contribution >= 0.6 is 11.8 Å². The van der Waals surface area contributed by atoms with Gasteiger partial charge in [0.05, 0.1) is 17.1 Å². The monoisotopic (exact) mass is 486 g/mol. The number of rotatable bonds is 9. The van der Waals surface area contributed by atoms with Crippen LogP contribution in [0, 0.1) is 0 Å². The fourth-order valence-corrected chi connectivity index (χ4v) is 5.07. The smallest absolute Gasteiger partial charge is 0.261 e. The average molecular weight is 487 g/mol. The van der Waals surface area contributed by atoms with E-state index in [9.17, 15) is 14.4 Å². The van der Waals surface area contributed by atoms with Gasteiger partial charge in [0, 0.05) is 29.5 Å². The molecule has 3 amide bonds. The van der Waals surface area contributed by atoms with Gasteiger partial charge in [-0.15, -0.1) is 0 Å². The number of H-pyrrole nitrogens is 1. The summed E-state index contributed by atoms with van der Waals surface area (Å²) in [7, 11) is 0. The zero-order valence-corrected chi connectivity index (χ0v) is 20.2. The van der Waals surface area contributed by atoms with E-state index in [2.05, 4.69) is 15.3 Å². The average Bonchev–Trinajstić information content (AvgIpc) is 3.31. The number of nitrogens with one attached hydrogen (secondary N) is 2. The maximum absolute atomic E-state index is 13.0. The second-order valence-corrected chi connectivity index (χ2v) is 9.60. The number of amides is 3. The van der Waals surface area contributed by atoms with Crippen molar-refractivity contribution >= 4 is 51.3 Å². The molecule has 0 radical (unpaired) electrons. The molecule has 1 aromatic heterocycles. The minimum atomic E-state index is -0.306. The maximum atomic E-state index is 13.0. The molecule has 0 spiro atoms. The van der Waals surface area contributed by atoms with Gasteiger partial charge in [-0.3, -0.25) is 19.3 Å². The standard InChI is InChI=1S/C27H26N4O3S/c1-35-16-14-22(25-29-20-11-2-3-12-21(20)30-25)28-23(32)13-6-15-31-26(33)18-9-4-7-17-8-5-10-19(24(17)18)27(31)34/h2-5,7-12,22H,6,13-16H2,1H3,(H,28,32)(H,29,30). The molecule has 1 unspecified atom stereocenters. The molecule has 1 aliphatic rings. The van der Waals surface area contributed by atoms with Crippen LogP contribution < -0.4 is 5.32 Å². The third kappa shape index (κ3) is 4.53. The van der Waals surface area contributed by atoms with Gasteiger partial charge < -0.3 is 10.3 Å². The molecule has 2 N–H and O–H groups in total. The van der Waals surface area contributed by atoms with Crippen molar-refractivity contribution in [1.29, 1.82) is 0 Å².